The predicted molar refractivity (Wildman–Crippen MR) is 42.8 cm³/mol. The summed E-state index contributed by atoms with van der Waals surface area (Å²) in [6, 6.07) is 7.24. The zero-order valence-electron chi connectivity index (χ0n) is 6.28. The van der Waals surface area contributed by atoms with E-state index in [0.717, 1.165) is 5.56 Å². The van der Waals surface area contributed by atoms with Gasteiger partial charge < -0.3 is 4.89 Å². The van der Waals surface area contributed by atoms with Crippen LogP contribution in [0.15, 0.2) is 24.3 Å². The van der Waals surface area contributed by atoms with E-state index in [1.54, 1.807) is 12.1 Å². The Balaban J connectivity index is 2.74. The van der Waals surface area contributed by atoms with Gasteiger partial charge in [-0.2, -0.15) is 4.89 Å². The van der Waals surface area contributed by atoms with Crippen LogP contribution in [0.25, 0.3) is 6.08 Å². The first-order valence-electron chi connectivity index (χ1n) is 3.22. The summed E-state index contributed by atoms with van der Waals surface area (Å²) < 4.78 is 0. The summed E-state index contributed by atoms with van der Waals surface area (Å²) in [5, 5.41) is 0. The second-order valence-corrected chi connectivity index (χ2v) is 1.99. The van der Waals surface area contributed by atoms with Crippen LogP contribution in [-0.4, -0.2) is 7.11 Å². The molecule has 1 rings (SSSR count). The predicted octanol–water partition coefficient (Wildman–Crippen LogP) is 2.07. The molecule has 0 aromatic heterocycles. The van der Waals surface area contributed by atoms with Crippen LogP contribution in [0.3, 0.4) is 0 Å². The van der Waals surface area contributed by atoms with Gasteiger partial charge in [-0.1, -0.05) is 24.8 Å². The van der Waals surface area contributed by atoms with E-state index in [2.05, 4.69) is 4.89 Å². The maximum atomic E-state index is 5.28. The third-order valence-corrected chi connectivity index (χ3v) is 1.25. The molecule has 1 radical (unpaired) electrons. The largest absolute Gasteiger partial charge is 0.338 e. The average Bonchev–Trinajstić information content (AvgIpc) is 2.07. The van der Waals surface area contributed by atoms with Gasteiger partial charge in [0, 0.05) is 0 Å². The molecule has 1 aromatic rings. The van der Waals surface area contributed by atoms with Crippen molar-refractivity contribution in [1.29, 1.82) is 0 Å². The first-order chi connectivity index (χ1) is 5.36. The first-order valence-corrected chi connectivity index (χ1v) is 3.22. The Hall–Kier alpha value is -1.28. The van der Waals surface area contributed by atoms with E-state index in [4.69, 9.17) is 11.5 Å². The minimum absolute atomic E-state index is 0.665. The van der Waals surface area contributed by atoms with Crippen LogP contribution in [0.2, 0.25) is 0 Å². The van der Waals surface area contributed by atoms with Crippen LogP contribution < -0.4 is 4.89 Å². The van der Waals surface area contributed by atoms with Crippen molar-refractivity contribution >= 4 is 6.08 Å². The zero-order valence-corrected chi connectivity index (χ0v) is 6.28. The molecule has 0 N–H and O–H groups in total. The third-order valence-electron chi connectivity index (χ3n) is 1.25. The maximum Gasteiger partial charge on any atom is 0.165 e. The van der Waals surface area contributed by atoms with E-state index in [1.807, 2.05) is 12.1 Å². The number of rotatable bonds is 3. The lowest BCUT2D eigenvalue weighted by Crippen LogP contribution is -1.89. The smallest absolute Gasteiger partial charge is 0.165 e. The monoisotopic (exact) mass is 149 g/mol. The number of hydrogen-bond donors (Lipinski definition) is 0. The van der Waals surface area contributed by atoms with Crippen LogP contribution in [0.4, 0.5) is 0 Å². The first kappa shape index (κ1) is 7.82. The van der Waals surface area contributed by atoms with Crippen molar-refractivity contribution in [2.75, 3.05) is 7.11 Å². The van der Waals surface area contributed by atoms with Gasteiger partial charge in [0.2, 0.25) is 0 Å². The molecule has 0 saturated carbocycles. The second kappa shape index (κ2) is 3.78. The fourth-order valence-electron chi connectivity index (χ4n) is 0.731. The average molecular weight is 149 g/mol. The van der Waals surface area contributed by atoms with E-state index < -0.39 is 0 Å². The highest BCUT2D eigenvalue weighted by atomic mass is 17.2. The molecule has 0 heterocycles. The van der Waals surface area contributed by atoms with Crippen molar-refractivity contribution in [3.8, 4) is 5.75 Å². The second-order valence-electron chi connectivity index (χ2n) is 1.99. The molecule has 0 spiro atoms. The number of hydrogen-bond acceptors (Lipinski definition) is 2. The highest BCUT2D eigenvalue weighted by molar-refractivity contribution is 5.46. The lowest BCUT2D eigenvalue weighted by molar-refractivity contribution is -0.178. The molecule has 11 heavy (non-hydrogen) atoms. The van der Waals surface area contributed by atoms with Gasteiger partial charge in [0.15, 0.2) is 5.75 Å². The third kappa shape index (κ3) is 2.09. The van der Waals surface area contributed by atoms with Gasteiger partial charge in [0.05, 0.1) is 7.11 Å². The van der Waals surface area contributed by atoms with Gasteiger partial charge in [-0.25, -0.2) is 0 Å². The Morgan fingerprint density at radius 3 is 2.36 bits per heavy atom. The van der Waals surface area contributed by atoms with Crippen molar-refractivity contribution < 1.29 is 9.78 Å². The molecule has 1 aromatic carbocycles. The molecule has 0 bridgehead atoms. The molecule has 0 aliphatic rings. The Morgan fingerprint density at radius 2 is 1.91 bits per heavy atom. The lowest BCUT2D eigenvalue weighted by Gasteiger charge is -1.99. The summed E-state index contributed by atoms with van der Waals surface area (Å²) in [7, 11) is 1.46. The minimum Gasteiger partial charge on any atom is -0.338 e. The van der Waals surface area contributed by atoms with Crippen molar-refractivity contribution in [1.82, 2.24) is 0 Å². The molecular formula is C9H9O2. The van der Waals surface area contributed by atoms with Gasteiger partial charge in [-0.3, -0.25) is 0 Å². The molecule has 0 atom stereocenters. The fourth-order valence-corrected chi connectivity index (χ4v) is 0.731. The fraction of sp³-hybridized carbons (Fsp3) is 0.111. The molecule has 0 amide bonds. The zero-order chi connectivity index (χ0) is 8.10. The SMILES string of the molecule is [CH]=Cc1ccc(OOC)cc1. The van der Waals surface area contributed by atoms with Crippen molar-refractivity contribution in [2.24, 2.45) is 0 Å². The van der Waals surface area contributed by atoms with Crippen molar-refractivity contribution in [3.05, 3.63) is 36.4 Å². The Morgan fingerprint density at radius 1 is 1.27 bits per heavy atom. The summed E-state index contributed by atoms with van der Waals surface area (Å²) in [5.74, 6) is 0.665. The number of benzene rings is 1. The Kier molecular flexibility index (Phi) is 2.69. The van der Waals surface area contributed by atoms with Crippen molar-refractivity contribution in [2.45, 2.75) is 0 Å². The van der Waals surface area contributed by atoms with Gasteiger partial charge in [0.25, 0.3) is 0 Å². The normalized spacial score (nSPS) is 9.18. The molecule has 0 saturated heterocycles. The van der Waals surface area contributed by atoms with Crippen LogP contribution in [0, 0.1) is 6.58 Å². The maximum absolute atomic E-state index is 5.28. The standard InChI is InChI=1S/C9H9O2/c1-3-8-4-6-9(7-5-8)11-10-2/h1,3-7H,2H3. The Labute approximate surface area is 66.0 Å². The molecule has 0 fully saturated rings. The molecule has 0 aliphatic carbocycles. The van der Waals surface area contributed by atoms with Gasteiger partial charge in [0.1, 0.15) is 0 Å². The minimum atomic E-state index is 0.665. The highest BCUT2D eigenvalue weighted by Gasteiger charge is 1.90. The van der Waals surface area contributed by atoms with E-state index in [1.165, 1.54) is 13.2 Å². The summed E-state index contributed by atoms with van der Waals surface area (Å²) >= 11 is 0. The molecule has 0 aliphatic heterocycles. The quantitative estimate of drug-likeness (QED) is 0.484. The van der Waals surface area contributed by atoms with Gasteiger partial charge in [-0.05, 0) is 17.7 Å². The summed E-state index contributed by atoms with van der Waals surface area (Å²) in [6.45, 7) is 5.28. The molecular weight excluding hydrogens is 140 g/mol. The summed E-state index contributed by atoms with van der Waals surface area (Å²) in [5.41, 5.74) is 0.952. The van der Waals surface area contributed by atoms with Crippen molar-refractivity contribution in [3.63, 3.8) is 0 Å². The van der Waals surface area contributed by atoms with E-state index in [9.17, 15) is 0 Å². The van der Waals surface area contributed by atoms with Crippen LogP contribution >= 0.6 is 0 Å². The Bertz CT molecular complexity index is 226. The van der Waals surface area contributed by atoms with E-state index in [0.29, 0.717) is 5.75 Å². The summed E-state index contributed by atoms with van der Waals surface area (Å²) in [6.07, 6.45) is 1.52. The van der Waals surface area contributed by atoms with Crippen LogP contribution in [-0.2, 0) is 4.89 Å². The molecule has 2 heteroatoms. The highest BCUT2D eigenvalue weighted by Crippen LogP contribution is 2.12. The van der Waals surface area contributed by atoms with Crippen LogP contribution in [0.5, 0.6) is 5.75 Å². The van der Waals surface area contributed by atoms with Gasteiger partial charge in [-0.15, -0.1) is 0 Å². The molecule has 2 nitrogen and oxygen atoms in total. The van der Waals surface area contributed by atoms with Gasteiger partial charge >= 0.3 is 0 Å². The molecule has 57 valence electrons. The topological polar surface area (TPSA) is 18.5 Å². The summed E-state index contributed by atoms with van der Waals surface area (Å²) in [4.78, 5) is 9.21. The van der Waals surface area contributed by atoms with Crippen LogP contribution in [0.1, 0.15) is 5.56 Å². The van der Waals surface area contributed by atoms with E-state index in [-0.39, 0.29) is 0 Å². The lowest BCUT2D eigenvalue weighted by atomic mass is 10.2. The molecule has 0 unspecified atom stereocenters. The van der Waals surface area contributed by atoms with E-state index >= 15 is 0 Å².